The van der Waals surface area contributed by atoms with E-state index in [0.29, 0.717) is 6.54 Å². The number of thioether (sulfide) groups is 1. The molecule has 0 saturated heterocycles. The third kappa shape index (κ3) is 5.21. The molecule has 0 aliphatic rings. The monoisotopic (exact) mass is 363 g/mol. The lowest BCUT2D eigenvalue weighted by molar-refractivity contribution is -0.120. The molecule has 2 rings (SSSR count). The highest BCUT2D eigenvalue weighted by Crippen LogP contribution is 2.24. The quantitative estimate of drug-likeness (QED) is 0.789. The van der Waals surface area contributed by atoms with E-state index in [1.54, 1.807) is 11.8 Å². The second-order valence-corrected chi connectivity index (χ2v) is 7.25. The molecule has 0 fully saturated rings. The molecule has 0 aliphatic carbocycles. The van der Waals surface area contributed by atoms with E-state index >= 15 is 0 Å². The summed E-state index contributed by atoms with van der Waals surface area (Å²) < 4.78 is 1.04. The molecule has 0 radical (unpaired) electrons. The number of hydrogen-bond acceptors (Lipinski definition) is 2. The first kappa shape index (κ1) is 16.1. The first-order valence-electron chi connectivity index (χ1n) is 6.80. The van der Waals surface area contributed by atoms with E-state index < -0.39 is 0 Å². The molecular formula is C17H18BrNOS. The van der Waals surface area contributed by atoms with Crippen molar-refractivity contribution >= 4 is 33.6 Å². The minimum atomic E-state index is -0.114. The van der Waals surface area contributed by atoms with E-state index in [1.807, 2.05) is 43.3 Å². The van der Waals surface area contributed by atoms with Crippen molar-refractivity contribution < 1.29 is 4.79 Å². The van der Waals surface area contributed by atoms with Gasteiger partial charge >= 0.3 is 0 Å². The topological polar surface area (TPSA) is 29.1 Å². The number of aryl methyl sites for hydroxylation is 1. The zero-order chi connectivity index (χ0) is 15.2. The van der Waals surface area contributed by atoms with Crippen LogP contribution < -0.4 is 5.32 Å². The fourth-order valence-electron chi connectivity index (χ4n) is 1.81. The van der Waals surface area contributed by atoms with Gasteiger partial charge in [0.1, 0.15) is 0 Å². The van der Waals surface area contributed by atoms with Crippen LogP contribution in [0, 0.1) is 6.92 Å². The van der Waals surface area contributed by atoms with Crippen LogP contribution in [-0.2, 0) is 11.3 Å². The smallest absolute Gasteiger partial charge is 0.233 e. The van der Waals surface area contributed by atoms with Crippen molar-refractivity contribution in [3.63, 3.8) is 0 Å². The number of carbonyl (C=O) groups excluding carboxylic acids is 1. The molecule has 2 aromatic rings. The Bertz CT molecular complexity index is 595. The Morgan fingerprint density at radius 3 is 2.38 bits per heavy atom. The number of rotatable bonds is 5. The Hall–Kier alpha value is -1.26. The Morgan fingerprint density at radius 1 is 1.14 bits per heavy atom. The van der Waals surface area contributed by atoms with Gasteiger partial charge in [-0.15, -0.1) is 11.8 Å². The van der Waals surface area contributed by atoms with Gasteiger partial charge in [0.2, 0.25) is 5.91 Å². The van der Waals surface area contributed by atoms with E-state index in [9.17, 15) is 4.79 Å². The average molecular weight is 364 g/mol. The number of amides is 1. The minimum Gasteiger partial charge on any atom is -0.351 e. The largest absolute Gasteiger partial charge is 0.351 e. The Morgan fingerprint density at radius 2 is 1.76 bits per heavy atom. The maximum atomic E-state index is 12.1. The van der Waals surface area contributed by atoms with Crippen LogP contribution in [0.15, 0.2) is 57.9 Å². The molecule has 2 nitrogen and oxygen atoms in total. The van der Waals surface area contributed by atoms with Gasteiger partial charge < -0.3 is 5.32 Å². The van der Waals surface area contributed by atoms with Gasteiger partial charge in [0, 0.05) is 15.9 Å². The molecule has 0 aliphatic heterocycles. The van der Waals surface area contributed by atoms with Crippen LogP contribution in [0.4, 0.5) is 0 Å². The van der Waals surface area contributed by atoms with Gasteiger partial charge in [0.25, 0.3) is 0 Å². The zero-order valence-electron chi connectivity index (χ0n) is 12.1. The molecule has 4 heteroatoms. The third-order valence-electron chi connectivity index (χ3n) is 3.08. The third-order valence-corrected chi connectivity index (χ3v) is 4.72. The molecule has 1 N–H and O–H groups in total. The molecule has 1 atom stereocenters. The van der Waals surface area contributed by atoms with Gasteiger partial charge in [0.05, 0.1) is 5.25 Å². The number of hydrogen-bond donors (Lipinski definition) is 1. The molecular weight excluding hydrogens is 346 g/mol. The van der Waals surface area contributed by atoms with Gasteiger partial charge in [-0.1, -0.05) is 45.8 Å². The summed E-state index contributed by atoms with van der Waals surface area (Å²) >= 11 is 4.97. The van der Waals surface area contributed by atoms with Crippen molar-refractivity contribution in [1.29, 1.82) is 0 Å². The summed E-state index contributed by atoms with van der Waals surface area (Å²) in [5, 5.41) is 2.87. The SMILES string of the molecule is Cc1ccc(CNC(=O)[C@@H](C)Sc2ccc(Br)cc2)cc1. The van der Waals surface area contributed by atoms with Gasteiger partial charge in [-0.3, -0.25) is 4.79 Å². The van der Waals surface area contributed by atoms with Crippen molar-refractivity contribution in [2.75, 3.05) is 0 Å². The summed E-state index contributed by atoms with van der Waals surface area (Å²) in [6, 6.07) is 16.2. The van der Waals surface area contributed by atoms with Crippen LogP contribution in [0.1, 0.15) is 18.1 Å². The Labute approximate surface area is 138 Å². The normalized spacial score (nSPS) is 12.0. The highest BCUT2D eigenvalue weighted by atomic mass is 79.9. The van der Waals surface area contributed by atoms with E-state index in [1.165, 1.54) is 5.56 Å². The average Bonchev–Trinajstić information content (AvgIpc) is 2.48. The molecule has 21 heavy (non-hydrogen) atoms. The summed E-state index contributed by atoms with van der Waals surface area (Å²) in [6.07, 6.45) is 0. The number of carbonyl (C=O) groups is 1. The molecule has 0 spiro atoms. The van der Waals surface area contributed by atoms with Crippen molar-refractivity contribution in [3.05, 3.63) is 64.1 Å². The van der Waals surface area contributed by atoms with Crippen LogP contribution in [0.2, 0.25) is 0 Å². The Balaban J connectivity index is 1.84. The van der Waals surface area contributed by atoms with Crippen molar-refractivity contribution in [2.45, 2.75) is 30.5 Å². The van der Waals surface area contributed by atoms with Gasteiger partial charge in [0.15, 0.2) is 0 Å². The summed E-state index contributed by atoms with van der Waals surface area (Å²) in [6.45, 7) is 4.56. The molecule has 0 bridgehead atoms. The van der Waals surface area contributed by atoms with E-state index in [-0.39, 0.29) is 11.2 Å². The fraction of sp³-hybridized carbons (Fsp3) is 0.235. The summed E-state index contributed by atoms with van der Waals surface area (Å²) in [4.78, 5) is 13.2. The second-order valence-electron chi connectivity index (χ2n) is 4.92. The molecule has 0 unspecified atom stereocenters. The van der Waals surface area contributed by atoms with Crippen LogP contribution in [0.3, 0.4) is 0 Å². The predicted molar refractivity (Wildman–Crippen MR) is 92.5 cm³/mol. The lowest BCUT2D eigenvalue weighted by atomic mass is 10.1. The van der Waals surface area contributed by atoms with E-state index in [2.05, 4.69) is 40.3 Å². The molecule has 0 aromatic heterocycles. The van der Waals surface area contributed by atoms with Crippen LogP contribution >= 0.6 is 27.7 Å². The van der Waals surface area contributed by atoms with Crippen molar-refractivity contribution in [3.8, 4) is 0 Å². The first-order valence-corrected chi connectivity index (χ1v) is 8.47. The summed E-state index contributed by atoms with van der Waals surface area (Å²) in [5.41, 5.74) is 2.35. The maximum Gasteiger partial charge on any atom is 0.233 e. The van der Waals surface area contributed by atoms with Crippen molar-refractivity contribution in [1.82, 2.24) is 5.32 Å². The number of halogens is 1. The van der Waals surface area contributed by atoms with E-state index in [0.717, 1.165) is 14.9 Å². The summed E-state index contributed by atoms with van der Waals surface area (Å²) in [7, 11) is 0. The molecule has 2 aromatic carbocycles. The fourth-order valence-corrected chi connectivity index (χ4v) is 2.97. The first-order chi connectivity index (χ1) is 10.0. The van der Waals surface area contributed by atoms with Gasteiger partial charge in [-0.05, 0) is 43.7 Å². The lowest BCUT2D eigenvalue weighted by Gasteiger charge is -2.12. The predicted octanol–water partition coefficient (Wildman–Crippen LogP) is 4.55. The standard InChI is InChI=1S/C17H18BrNOS/c1-12-3-5-14(6-4-12)11-19-17(20)13(2)21-16-9-7-15(18)8-10-16/h3-10,13H,11H2,1-2H3,(H,19,20)/t13-/m1/s1. The lowest BCUT2D eigenvalue weighted by Crippen LogP contribution is -2.30. The highest BCUT2D eigenvalue weighted by Gasteiger charge is 2.13. The zero-order valence-corrected chi connectivity index (χ0v) is 14.5. The van der Waals surface area contributed by atoms with Gasteiger partial charge in [-0.25, -0.2) is 0 Å². The number of nitrogens with one attached hydrogen (secondary N) is 1. The Kier molecular flexibility index (Phi) is 5.88. The maximum absolute atomic E-state index is 12.1. The molecule has 0 heterocycles. The highest BCUT2D eigenvalue weighted by molar-refractivity contribution is 9.10. The van der Waals surface area contributed by atoms with E-state index in [4.69, 9.17) is 0 Å². The molecule has 110 valence electrons. The minimum absolute atomic E-state index is 0.0588. The van der Waals surface area contributed by atoms with Crippen molar-refractivity contribution in [2.24, 2.45) is 0 Å². The van der Waals surface area contributed by atoms with Crippen LogP contribution in [-0.4, -0.2) is 11.2 Å². The second kappa shape index (κ2) is 7.66. The summed E-state index contributed by atoms with van der Waals surface area (Å²) in [5.74, 6) is 0.0588. The number of benzene rings is 2. The molecule has 0 saturated carbocycles. The van der Waals surface area contributed by atoms with Crippen LogP contribution in [0.25, 0.3) is 0 Å². The molecule has 1 amide bonds. The van der Waals surface area contributed by atoms with Gasteiger partial charge in [-0.2, -0.15) is 0 Å². The van der Waals surface area contributed by atoms with Crippen LogP contribution in [0.5, 0.6) is 0 Å².